The van der Waals surface area contributed by atoms with Gasteiger partial charge in [-0.15, -0.1) is 5.10 Å². The summed E-state index contributed by atoms with van der Waals surface area (Å²) in [5.74, 6) is 0.263. The third-order valence-electron chi connectivity index (χ3n) is 4.59. The Kier molecular flexibility index (Phi) is 5.70. The molecule has 0 atom stereocenters. The van der Waals surface area contributed by atoms with Crippen LogP contribution in [0.25, 0.3) is 17.1 Å². The van der Waals surface area contributed by atoms with E-state index in [1.54, 1.807) is 16.8 Å². The van der Waals surface area contributed by atoms with Gasteiger partial charge >= 0.3 is 0 Å². The summed E-state index contributed by atoms with van der Waals surface area (Å²) in [7, 11) is 0. The molecule has 0 unspecified atom stereocenters. The number of carbonyl (C=O) groups excluding carboxylic acids is 1. The molecule has 1 N–H and O–H groups in total. The fourth-order valence-electron chi connectivity index (χ4n) is 3.00. The second kappa shape index (κ2) is 8.42. The number of amides is 1. The van der Waals surface area contributed by atoms with E-state index in [1.807, 2.05) is 68.4 Å². The average molecular weight is 482 g/mol. The van der Waals surface area contributed by atoms with Gasteiger partial charge in [0.05, 0.1) is 5.69 Å². The molecule has 5 nitrogen and oxygen atoms in total. The topological polar surface area (TPSA) is 59.8 Å². The lowest BCUT2D eigenvalue weighted by Gasteiger charge is -2.06. The molecule has 0 saturated carbocycles. The van der Waals surface area contributed by atoms with E-state index in [0.29, 0.717) is 16.5 Å². The predicted octanol–water partition coefficient (Wildman–Crippen LogP) is 6.22. The van der Waals surface area contributed by atoms with Gasteiger partial charge in [0.15, 0.2) is 5.82 Å². The Morgan fingerprint density at radius 2 is 1.80 bits per heavy atom. The summed E-state index contributed by atoms with van der Waals surface area (Å²) in [4.78, 5) is 17.4. The molecule has 0 aliphatic rings. The number of carbonyl (C=O) groups is 1. The standard InChI is InChI=1S/C23H18BrClN4O/c1-14-4-3-5-16(12-14)22-27-21(28-29(22)19-10-7-17(24)8-11-19)23(30)26-18-9-6-15(2)20(25)13-18/h3-13H,1-2H3,(H,26,30). The van der Waals surface area contributed by atoms with Crippen LogP contribution in [0.1, 0.15) is 21.7 Å². The molecule has 0 radical (unpaired) electrons. The highest BCUT2D eigenvalue weighted by Crippen LogP contribution is 2.24. The summed E-state index contributed by atoms with van der Waals surface area (Å²) >= 11 is 9.62. The average Bonchev–Trinajstić information content (AvgIpc) is 3.17. The number of aromatic nitrogens is 3. The first-order valence-corrected chi connectivity index (χ1v) is 10.5. The Morgan fingerprint density at radius 1 is 1.03 bits per heavy atom. The zero-order valence-electron chi connectivity index (χ0n) is 16.4. The predicted molar refractivity (Wildman–Crippen MR) is 123 cm³/mol. The minimum atomic E-state index is -0.403. The maximum absolute atomic E-state index is 12.9. The fraction of sp³-hybridized carbons (Fsp3) is 0.0870. The van der Waals surface area contributed by atoms with Gasteiger partial charge in [-0.25, -0.2) is 9.67 Å². The minimum Gasteiger partial charge on any atom is -0.319 e. The van der Waals surface area contributed by atoms with Crippen LogP contribution in [-0.4, -0.2) is 20.7 Å². The molecule has 4 aromatic rings. The summed E-state index contributed by atoms with van der Waals surface area (Å²) in [6.07, 6.45) is 0. The Labute approximate surface area is 187 Å². The van der Waals surface area contributed by atoms with Crippen molar-refractivity contribution in [2.24, 2.45) is 0 Å². The molecule has 3 aromatic carbocycles. The van der Waals surface area contributed by atoms with Crippen molar-refractivity contribution in [2.75, 3.05) is 5.32 Å². The van der Waals surface area contributed by atoms with Crippen molar-refractivity contribution in [3.63, 3.8) is 0 Å². The largest absolute Gasteiger partial charge is 0.319 e. The molecule has 0 aliphatic heterocycles. The number of hydrogen-bond acceptors (Lipinski definition) is 3. The van der Waals surface area contributed by atoms with E-state index in [9.17, 15) is 4.79 Å². The number of anilines is 1. The van der Waals surface area contributed by atoms with Gasteiger partial charge in [0, 0.05) is 20.7 Å². The molecule has 30 heavy (non-hydrogen) atoms. The second-order valence-corrected chi connectivity index (χ2v) is 8.26. The maximum atomic E-state index is 12.9. The molecule has 150 valence electrons. The molecule has 0 bridgehead atoms. The lowest BCUT2D eigenvalue weighted by molar-refractivity contribution is 0.101. The van der Waals surface area contributed by atoms with Crippen molar-refractivity contribution < 1.29 is 4.79 Å². The van der Waals surface area contributed by atoms with Gasteiger partial charge in [-0.3, -0.25) is 4.79 Å². The zero-order valence-corrected chi connectivity index (χ0v) is 18.7. The van der Waals surface area contributed by atoms with Crippen LogP contribution in [0.2, 0.25) is 5.02 Å². The first-order valence-electron chi connectivity index (χ1n) is 9.28. The number of hydrogen-bond donors (Lipinski definition) is 1. The number of nitrogens with one attached hydrogen (secondary N) is 1. The Morgan fingerprint density at radius 3 is 2.50 bits per heavy atom. The number of benzene rings is 3. The van der Waals surface area contributed by atoms with E-state index in [-0.39, 0.29) is 5.82 Å². The summed E-state index contributed by atoms with van der Waals surface area (Å²) in [5, 5.41) is 7.90. The van der Waals surface area contributed by atoms with Crippen LogP contribution in [0.15, 0.2) is 71.2 Å². The molecule has 7 heteroatoms. The lowest BCUT2D eigenvalue weighted by atomic mass is 10.1. The maximum Gasteiger partial charge on any atom is 0.295 e. The Hall–Kier alpha value is -2.96. The molecule has 0 aliphatic carbocycles. The van der Waals surface area contributed by atoms with E-state index < -0.39 is 5.91 Å². The quantitative estimate of drug-likeness (QED) is 0.376. The Balaban J connectivity index is 1.75. The van der Waals surface area contributed by atoms with Crippen LogP contribution in [0, 0.1) is 13.8 Å². The molecular formula is C23H18BrClN4O. The molecule has 0 fully saturated rings. The minimum absolute atomic E-state index is 0.0751. The second-order valence-electron chi connectivity index (χ2n) is 6.93. The molecule has 1 amide bonds. The van der Waals surface area contributed by atoms with Crippen LogP contribution in [-0.2, 0) is 0 Å². The third kappa shape index (κ3) is 4.30. The summed E-state index contributed by atoms with van der Waals surface area (Å²) in [6, 6.07) is 21.0. The zero-order chi connectivity index (χ0) is 21.3. The van der Waals surface area contributed by atoms with Gasteiger partial charge in [0.25, 0.3) is 5.91 Å². The first-order chi connectivity index (χ1) is 14.4. The highest BCUT2D eigenvalue weighted by molar-refractivity contribution is 9.10. The number of rotatable bonds is 4. The van der Waals surface area contributed by atoms with Crippen LogP contribution in [0.3, 0.4) is 0 Å². The molecular weight excluding hydrogens is 464 g/mol. The molecule has 0 spiro atoms. The third-order valence-corrected chi connectivity index (χ3v) is 5.52. The molecule has 0 saturated heterocycles. The van der Waals surface area contributed by atoms with Crippen LogP contribution >= 0.6 is 27.5 Å². The fourth-order valence-corrected chi connectivity index (χ4v) is 3.44. The van der Waals surface area contributed by atoms with E-state index in [4.69, 9.17) is 11.6 Å². The van der Waals surface area contributed by atoms with Gasteiger partial charge in [-0.2, -0.15) is 0 Å². The SMILES string of the molecule is Cc1cccc(-c2nc(C(=O)Nc3ccc(C)c(Cl)c3)nn2-c2ccc(Br)cc2)c1. The summed E-state index contributed by atoms with van der Waals surface area (Å²) < 4.78 is 2.64. The lowest BCUT2D eigenvalue weighted by Crippen LogP contribution is -2.14. The van der Waals surface area contributed by atoms with Crippen LogP contribution < -0.4 is 5.32 Å². The highest BCUT2D eigenvalue weighted by Gasteiger charge is 2.19. The van der Waals surface area contributed by atoms with Crippen LogP contribution in [0.4, 0.5) is 5.69 Å². The van der Waals surface area contributed by atoms with Gasteiger partial charge in [-0.1, -0.05) is 57.4 Å². The monoisotopic (exact) mass is 480 g/mol. The smallest absolute Gasteiger partial charge is 0.295 e. The number of nitrogens with zero attached hydrogens (tertiary/aromatic N) is 3. The van der Waals surface area contributed by atoms with Gasteiger partial charge < -0.3 is 5.32 Å². The van der Waals surface area contributed by atoms with E-state index in [2.05, 4.69) is 31.3 Å². The van der Waals surface area contributed by atoms with Crippen molar-refractivity contribution in [3.05, 3.63) is 93.2 Å². The van der Waals surface area contributed by atoms with E-state index in [1.165, 1.54) is 0 Å². The van der Waals surface area contributed by atoms with E-state index >= 15 is 0 Å². The Bertz CT molecular complexity index is 1230. The molecule has 1 heterocycles. The van der Waals surface area contributed by atoms with Crippen LogP contribution in [0.5, 0.6) is 0 Å². The van der Waals surface area contributed by atoms with Gasteiger partial charge in [-0.05, 0) is 61.9 Å². The van der Waals surface area contributed by atoms with E-state index in [0.717, 1.165) is 26.9 Å². The van der Waals surface area contributed by atoms with Crippen molar-refractivity contribution in [1.82, 2.24) is 14.8 Å². The van der Waals surface area contributed by atoms with Crippen molar-refractivity contribution in [2.45, 2.75) is 13.8 Å². The molecule has 1 aromatic heterocycles. The van der Waals surface area contributed by atoms with Gasteiger partial charge in [0.2, 0.25) is 5.82 Å². The summed E-state index contributed by atoms with van der Waals surface area (Å²) in [6.45, 7) is 3.92. The number of halogens is 2. The van der Waals surface area contributed by atoms with Crippen molar-refractivity contribution in [1.29, 1.82) is 0 Å². The highest BCUT2D eigenvalue weighted by atomic mass is 79.9. The van der Waals surface area contributed by atoms with Gasteiger partial charge in [0.1, 0.15) is 0 Å². The van der Waals surface area contributed by atoms with Crippen molar-refractivity contribution in [3.8, 4) is 17.1 Å². The molecule has 4 rings (SSSR count). The summed E-state index contributed by atoms with van der Waals surface area (Å²) in [5.41, 5.74) is 4.31. The normalized spacial score (nSPS) is 10.8. The van der Waals surface area contributed by atoms with Crippen molar-refractivity contribution >= 4 is 39.1 Å². The number of aryl methyl sites for hydroxylation is 2. The first kappa shape index (κ1) is 20.3.